The van der Waals surface area contributed by atoms with Gasteiger partial charge in [0.05, 0.1) is 29.3 Å². The normalized spacial score (nSPS) is 10.7. The van der Waals surface area contributed by atoms with Gasteiger partial charge in [0.1, 0.15) is 5.82 Å². The van der Waals surface area contributed by atoms with Gasteiger partial charge < -0.3 is 4.74 Å². The number of rotatable bonds is 2. The third-order valence-electron chi connectivity index (χ3n) is 3.33. The minimum absolute atomic E-state index is 0.0869. The molecular formula is C16H10ClFN2O3. The first-order valence-corrected chi connectivity index (χ1v) is 6.95. The second kappa shape index (κ2) is 5.81. The lowest BCUT2D eigenvalue weighted by Gasteiger charge is -2.10. The molecule has 0 unspecified atom stereocenters. The number of fused-ring (bicyclic) bond motifs is 1. The number of hydrogen-bond acceptors (Lipinski definition) is 4. The maximum absolute atomic E-state index is 13.0. The van der Waals surface area contributed by atoms with E-state index >= 15 is 0 Å². The van der Waals surface area contributed by atoms with E-state index in [9.17, 15) is 14.0 Å². The van der Waals surface area contributed by atoms with E-state index < -0.39 is 17.3 Å². The van der Waals surface area contributed by atoms with Crippen LogP contribution in [0.5, 0.6) is 0 Å². The van der Waals surface area contributed by atoms with E-state index in [4.69, 9.17) is 11.6 Å². The number of halogens is 2. The highest BCUT2D eigenvalue weighted by Crippen LogP contribution is 2.18. The Bertz CT molecular complexity index is 967. The topological polar surface area (TPSA) is 61.2 Å². The highest BCUT2D eigenvalue weighted by Gasteiger charge is 2.14. The summed E-state index contributed by atoms with van der Waals surface area (Å²) in [4.78, 5) is 28.3. The van der Waals surface area contributed by atoms with E-state index in [2.05, 4.69) is 9.72 Å². The molecule has 0 aliphatic rings. The summed E-state index contributed by atoms with van der Waals surface area (Å²) in [5.74, 6) is -0.957. The average molecular weight is 333 g/mol. The summed E-state index contributed by atoms with van der Waals surface area (Å²) < 4.78 is 18.8. The van der Waals surface area contributed by atoms with Crippen molar-refractivity contribution in [3.05, 3.63) is 69.5 Å². The molecule has 3 aromatic rings. The lowest BCUT2D eigenvalue weighted by Crippen LogP contribution is -2.20. The molecule has 1 aromatic heterocycles. The Labute approximate surface area is 134 Å². The fraction of sp³-hybridized carbons (Fsp3) is 0.0625. The van der Waals surface area contributed by atoms with Crippen LogP contribution in [-0.4, -0.2) is 22.6 Å². The number of nitrogens with zero attached hydrogens (tertiary/aromatic N) is 2. The van der Waals surface area contributed by atoms with Gasteiger partial charge in [-0.25, -0.2) is 14.2 Å². The fourth-order valence-electron chi connectivity index (χ4n) is 2.22. The van der Waals surface area contributed by atoms with Gasteiger partial charge in [0.25, 0.3) is 5.56 Å². The van der Waals surface area contributed by atoms with Gasteiger partial charge in [-0.1, -0.05) is 0 Å². The van der Waals surface area contributed by atoms with Gasteiger partial charge in [0, 0.05) is 0 Å². The number of aromatic nitrogens is 2. The number of carbonyl (C=O) groups excluding carboxylic acids is 1. The van der Waals surface area contributed by atoms with Crippen molar-refractivity contribution >= 4 is 28.5 Å². The number of hydrogen-bond donors (Lipinski definition) is 0. The van der Waals surface area contributed by atoms with E-state index in [0.717, 1.165) is 0 Å². The number of esters is 1. The summed E-state index contributed by atoms with van der Waals surface area (Å²) in [5.41, 5.74) is 0.527. The van der Waals surface area contributed by atoms with Crippen LogP contribution >= 0.6 is 11.6 Å². The molecule has 0 atom stereocenters. The fourth-order valence-corrected chi connectivity index (χ4v) is 2.48. The lowest BCUT2D eigenvalue weighted by atomic mass is 10.1. The Morgan fingerprint density at radius 1 is 1.22 bits per heavy atom. The molecule has 23 heavy (non-hydrogen) atoms. The first kappa shape index (κ1) is 15.2. The van der Waals surface area contributed by atoms with Gasteiger partial charge in [-0.2, -0.15) is 0 Å². The van der Waals surface area contributed by atoms with Crippen molar-refractivity contribution < 1.29 is 13.9 Å². The minimum Gasteiger partial charge on any atom is -0.465 e. The van der Waals surface area contributed by atoms with Crippen LogP contribution in [-0.2, 0) is 4.74 Å². The first-order chi connectivity index (χ1) is 11.0. The predicted molar refractivity (Wildman–Crippen MR) is 83.6 cm³/mol. The Balaban J connectivity index is 2.24. The van der Waals surface area contributed by atoms with Gasteiger partial charge >= 0.3 is 5.97 Å². The van der Waals surface area contributed by atoms with Crippen LogP contribution < -0.4 is 5.56 Å². The van der Waals surface area contributed by atoms with Gasteiger partial charge in [-0.05, 0) is 54.1 Å². The summed E-state index contributed by atoms with van der Waals surface area (Å²) in [5, 5.41) is 0.197. The molecule has 0 bridgehead atoms. The van der Waals surface area contributed by atoms with E-state index in [0.29, 0.717) is 5.69 Å². The molecule has 0 fully saturated rings. The molecule has 5 nitrogen and oxygen atoms in total. The van der Waals surface area contributed by atoms with Crippen LogP contribution in [0.15, 0.2) is 47.3 Å². The van der Waals surface area contributed by atoms with Crippen LogP contribution in [0.25, 0.3) is 16.6 Å². The summed E-state index contributed by atoms with van der Waals surface area (Å²) >= 11 is 6.09. The maximum atomic E-state index is 13.0. The van der Waals surface area contributed by atoms with Crippen LogP contribution in [0.2, 0.25) is 5.28 Å². The Kier molecular flexibility index (Phi) is 3.83. The van der Waals surface area contributed by atoms with Crippen molar-refractivity contribution in [1.82, 2.24) is 9.55 Å². The molecule has 116 valence electrons. The molecule has 3 rings (SSSR count). The minimum atomic E-state index is -0.535. The molecule has 0 saturated carbocycles. The molecule has 7 heteroatoms. The zero-order valence-electron chi connectivity index (χ0n) is 11.9. The largest absolute Gasteiger partial charge is 0.465 e. The van der Waals surface area contributed by atoms with Crippen molar-refractivity contribution in [1.29, 1.82) is 0 Å². The van der Waals surface area contributed by atoms with Crippen molar-refractivity contribution in [2.24, 2.45) is 0 Å². The Morgan fingerprint density at radius 2 is 1.91 bits per heavy atom. The molecule has 0 amide bonds. The predicted octanol–water partition coefficient (Wildman–Crippen LogP) is 2.96. The summed E-state index contributed by atoms with van der Waals surface area (Å²) in [6, 6.07) is 9.69. The SMILES string of the molecule is COC(=O)c1ccc2c(=O)n(-c3ccc(F)cc3)c(Cl)nc2c1. The third-order valence-corrected chi connectivity index (χ3v) is 3.59. The molecular weight excluding hydrogens is 323 g/mol. The second-order valence-electron chi connectivity index (χ2n) is 4.72. The number of methoxy groups -OCH3 is 1. The van der Waals surface area contributed by atoms with E-state index in [1.54, 1.807) is 0 Å². The van der Waals surface area contributed by atoms with Gasteiger partial charge in [-0.15, -0.1) is 0 Å². The summed E-state index contributed by atoms with van der Waals surface area (Å²) in [7, 11) is 1.26. The van der Waals surface area contributed by atoms with Crippen LogP contribution in [0, 0.1) is 5.82 Å². The van der Waals surface area contributed by atoms with Crippen LogP contribution in [0.1, 0.15) is 10.4 Å². The molecule has 2 aromatic carbocycles. The maximum Gasteiger partial charge on any atom is 0.337 e. The Morgan fingerprint density at radius 3 is 2.57 bits per heavy atom. The number of carbonyl (C=O) groups is 1. The van der Waals surface area contributed by atoms with Crippen molar-refractivity contribution in [2.75, 3.05) is 7.11 Å². The zero-order valence-corrected chi connectivity index (χ0v) is 12.7. The van der Waals surface area contributed by atoms with Crippen molar-refractivity contribution in [3.63, 3.8) is 0 Å². The molecule has 0 saturated heterocycles. The van der Waals surface area contributed by atoms with Gasteiger partial charge in [-0.3, -0.25) is 9.36 Å². The van der Waals surface area contributed by atoms with Crippen molar-refractivity contribution in [3.8, 4) is 5.69 Å². The molecule has 1 heterocycles. The third kappa shape index (κ3) is 2.68. The monoisotopic (exact) mass is 332 g/mol. The summed E-state index contributed by atoms with van der Waals surface area (Å²) in [6.07, 6.45) is 0. The summed E-state index contributed by atoms with van der Waals surface area (Å²) in [6.45, 7) is 0. The second-order valence-corrected chi connectivity index (χ2v) is 5.06. The van der Waals surface area contributed by atoms with E-state index in [1.165, 1.54) is 54.1 Å². The molecule has 0 spiro atoms. The lowest BCUT2D eigenvalue weighted by molar-refractivity contribution is 0.0601. The quantitative estimate of drug-likeness (QED) is 0.534. The smallest absolute Gasteiger partial charge is 0.337 e. The highest BCUT2D eigenvalue weighted by atomic mass is 35.5. The molecule has 0 aliphatic heterocycles. The highest BCUT2D eigenvalue weighted by molar-refractivity contribution is 6.29. The average Bonchev–Trinajstić information content (AvgIpc) is 2.55. The number of benzene rings is 2. The van der Waals surface area contributed by atoms with Crippen LogP contribution in [0.3, 0.4) is 0 Å². The van der Waals surface area contributed by atoms with Crippen LogP contribution in [0.4, 0.5) is 4.39 Å². The zero-order chi connectivity index (χ0) is 16.6. The molecule has 0 N–H and O–H groups in total. The number of ether oxygens (including phenoxy) is 1. The Hall–Kier alpha value is -2.73. The molecule has 0 aliphatic carbocycles. The standard InChI is InChI=1S/C16H10ClFN2O3/c1-23-15(22)9-2-7-12-13(8-9)19-16(17)20(14(12)21)11-5-3-10(18)4-6-11/h2-8H,1H3. The van der Waals surface area contributed by atoms with Gasteiger partial charge in [0.2, 0.25) is 5.28 Å². The van der Waals surface area contributed by atoms with E-state index in [-0.39, 0.29) is 21.7 Å². The first-order valence-electron chi connectivity index (χ1n) is 6.58. The molecule has 0 radical (unpaired) electrons. The van der Waals surface area contributed by atoms with Gasteiger partial charge in [0.15, 0.2) is 0 Å². The van der Waals surface area contributed by atoms with Crippen molar-refractivity contribution in [2.45, 2.75) is 0 Å². The van der Waals surface area contributed by atoms with E-state index in [1.807, 2.05) is 0 Å².